The number of rotatable bonds is 4. The van der Waals surface area contributed by atoms with Gasteiger partial charge < -0.3 is 10.0 Å². The third-order valence-corrected chi connectivity index (χ3v) is 3.13. The summed E-state index contributed by atoms with van der Waals surface area (Å²) in [5.74, 6) is 1.34. The van der Waals surface area contributed by atoms with Gasteiger partial charge in [0, 0.05) is 19.7 Å². The second kappa shape index (κ2) is 5.61. The fraction of sp³-hybridized carbons (Fsp3) is 1.00. The van der Waals surface area contributed by atoms with Crippen LogP contribution in [0.2, 0.25) is 0 Å². The third kappa shape index (κ3) is 3.65. The molecular formula is C11H23NO. The quantitative estimate of drug-likeness (QED) is 0.721. The summed E-state index contributed by atoms with van der Waals surface area (Å²) in [4.78, 5) is 2.51. The summed E-state index contributed by atoms with van der Waals surface area (Å²) in [5.41, 5.74) is 0. The van der Waals surface area contributed by atoms with E-state index in [0.29, 0.717) is 12.5 Å². The van der Waals surface area contributed by atoms with Gasteiger partial charge in [-0.05, 0) is 31.2 Å². The van der Waals surface area contributed by atoms with Crippen molar-refractivity contribution in [3.8, 4) is 0 Å². The van der Waals surface area contributed by atoms with Gasteiger partial charge in [-0.3, -0.25) is 0 Å². The molecule has 0 amide bonds. The minimum Gasteiger partial charge on any atom is -0.396 e. The Bertz CT molecular complexity index is 136. The van der Waals surface area contributed by atoms with Crippen LogP contribution in [0.15, 0.2) is 0 Å². The van der Waals surface area contributed by atoms with Crippen molar-refractivity contribution in [2.45, 2.75) is 33.1 Å². The van der Waals surface area contributed by atoms with Gasteiger partial charge in [0.1, 0.15) is 0 Å². The van der Waals surface area contributed by atoms with Crippen LogP contribution in [0.25, 0.3) is 0 Å². The molecule has 0 bridgehead atoms. The molecule has 1 aliphatic rings. The molecule has 1 aliphatic heterocycles. The average molecular weight is 185 g/mol. The summed E-state index contributed by atoms with van der Waals surface area (Å²) in [7, 11) is 0. The predicted molar refractivity (Wildman–Crippen MR) is 55.7 cm³/mol. The number of likely N-dealkylation sites (tertiary alicyclic amines) is 1. The van der Waals surface area contributed by atoms with Crippen molar-refractivity contribution in [3.63, 3.8) is 0 Å². The molecule has 2 atom stereocenters. The fourth-order valence-corrected chi connectivity index (χ4v) is 2.04. The van der Waals surface area contributed by atoms with Gasteiger partial charge in [0.15, 0.2) is 0 Å². The van der Waals surface area contributed by atoms with Crippen LogP contribution in [0.1, 0.15) is 33.1 Å². The first-order valence-electron chi connectivity index (χ1n) is 5.59. The summed E-state index contributed by atoms with van der Waals surface area (Å²) >= 11 is 0. The third-order valence-electron chi connectivity index (χ3n) is 3.13. The van der Waals surface area contributed by atoms with Gasteiger partial charge in [-0.25, -0.2) is 0 Å². The van der Waals surface area contributed by atoms with E-state index in [4.69, 9.17) is 5.11 Å². The smallest absolute Gasteiger partial charge is 0.0471 e. The van der Waals surface area contributed by atoms with Gasteiger partial charge in [-0.1, -0.05) is 20.3 Å². The SMILES string of the molecule is CCC(C)CN1CCCC(CO)C1. The largest absolute Gasteiger partial charge is 0.396 e. The zero-order valence-electron chi connectivity index (χ0n) is 9.00. The van der Waals surface area contributed by atoms with Crippen LogP contribution < -0.4 is 0 Å². The minimum atomic E-state index is 0.372. The zero-order chi connectivity index (χ0) is 9.68. The van der Waals surface area contributed by atoms with E-state index in [1.165, 1.54) is 32.4 Å². The van der Waals surface area contributed by atoms with Gasteiger partial charge in [0.05, 0.1) is 0 Å². The highest BCUT2D eigenvalue weighted by Crippen LogP contribution is 2.17. The van der Waals surface area contributed by atoms with Crippen LogP contribution in [0.4, 0.5) is 0 Å². The Hall–Kier alpha value is -0.0800. The molecule has 0 spiro atoms. The molecule has 2 unspecified atom stereocenters. The number of hydrogen-bond donors (Lipinski definition) is 1. The van der Waals surface area contributed by atoms with Crippen molar-refractivity contribution >= 4 is 0 Å². The van der Waals surface area contributed by atoms with E-state index in [1.54, 1.807) is 0 Å². The summed E-state index contributed by atoms with van der Waals surface area (Å²) in [6.07, 6.45) is 3.75. The molecule has 0 aromatic heterocycles. The molecule has 2 heteroatoms. The van der Waals surface area contributed by atoms with E-state index in [-0.39, 0.29) is 0 Å². The monoisotopic (exact) mass is 185 g/mol. The van der Waals surface area contributed by atoms with Gasteiger partial charge in [-0.15, -0.1) is 0 Å². The van der Waals surface area contributed by atoms with E-state index in [9.17, 15) is 0 Å². The minimum absolute atomic E-state index is 0.372. The number of piperidine rings is 1. The molecule has 1 rings (SSSR count). The van der Waals surface area contributed by atoms with Crippen LogP contribution in [0.3, 0.4) is 0 Å². The van der Waals surface area contributed by atoms with E-state index >= 15 is 0 Å². The van der Waals surface area contributed by atoms with Crippen molar-refractivity contribution in [3.05, 3.63) is 0 Å². The van der Waals surface area contributed by atoms with Gasteiger partial charge >= 0.3 is 0 Å². The lowest BCUT2D eigenvalue weighted by atomic mass is 9.97. The summed E-state index contributed by atoms with van der Waals surface area (Å²) < 4.78 is 0. The summed E-state index contributed by atoms with van der Waals surface area (Å²) in [6, 6.07) is 0. The van der Waals surface area contributed by atoms with Crippen molar-refractivity contribution in [2.24, 2.45) is 11.8 Å². The highest BCUT2D eigenvalue weighted by Gasteiger charge is 2.19. The Kier molecular flexibility index (Phi) is 4.74. The van der Waals surface area contributed by atoms with Crippen LogP contribution >= 0.6 is 0 Å². The van der Waals surface area contributed by atoms with Gasteiger partial charge in [0.25, 0.3) is 0 Å². The number of aliphatic hydroxyl groups is 1. The van der Waals surface area contributed by atoms with Crippen molar-refractivity contribution < 1.29 is 5.11 Å². The van der Waals surface area contributed by atoms with E-state index in [1.807, 2.05) is 0 Å². The van der Waals surface area contributed by atoms with E-state index in [2.05, 4.69) is 18.7 Å². The van der Waals surface area contributed by atoms with Crippen LogP contribution in [0, 0.1) is 11.8 Å². The molecule has 0 radical (unpaired) electrons. The molecule has 1 fully saturated rings. The van der Waals surface area contributed by atoms with E-state index in [0.717, 1.165) is 12.5 Å². The Morgan fingerprint density at radius 2 is 2.31 bits per heavy atom. The molecule has 13 heavy (non-hydrogen) atoms. The van der Waals surface area contributed by atoms with E-state index < -0.39 is 0 Å². The second-order valence-electron chi connectivity index (χ2n) is 4.46. The summed E-state index contributed by atoms with van der Waals surface area (Å²) in [6.45, 7) is 8.49. The highest BCUT2D eigenvalue weighted by atomic mass is 16.3. The lowest BCUT2D eigenvalue weighted by molar-refractivity contribution is 0.109. The van der Waals surface area contributed by atoms with Crippen LogP contribution in [0.5, 0.6) is 0 Å². The molecule has 1 N–H and O–H groups in total. The maximum absolute atomic E-state index is 9.07. The Balaban J connectivity index is 2.25. The normalized spacial score (nSPS) is 27.5. The zero-order valence-corrected chi connectivity index (χ0v) is 9.00. The van der Waals surface area contributed by atoms with Crippen molar-refractivity contribution in [1.29, 1.82) is 0 Å². The van der Waals surface area contributed by atoms with Crippen molar-refractivity contribution in [1.82, 2.24) is 4.90 Å². The first-order valence-corrected chi connectivity index (χ1v) is 5.59. The second-order valence-corrected chi connectivity index (χ2v) is 4.46. The van der Waals surface area contributed by atoms with Crippen molar-refractivity contribution in [2.75, 3.05) is 26.2 Å². The number of hydrogen-bond acceptors (Lipinski definition) is 2. The molecular weight excluding hydrogens is 162 g/mol. The standard InChI is InChI=1S/C11H23NO/c1-3-10(2)7-12-6-4-5-11(8-12)9-13/h10-11,13H,3-9H2,1-2H3. The van der Waals surface area contributed by atoms with Crippen LogP contribution in [-0.2, 0) is 0 Å². The molecule has 78 valence electrons. The maximum Gasteiger partial charge on any atom is 0.0471 e. The topological polar surface area (TPSA) is 23.5 Å². The average Bonchev–Trinajstić information content (AvgIpc) is 2.18. The molecule has 0 saturated carbocycles. The highest BCUT2D eigenvalue weighted by molar-refractivity contribution is 4.73. The number of nitrogens with zero attached hydrogens (tertiary/aromatic N) is 1. The maximum atomic E-state index is 9.07. The number of aliphatic hydroxyl groups excluding tert-OH is 1. The Morgan fingerprint density at radius 1 is 1.54 bits per heavy atom. The lowest BCUT2D eigenvalue weighted by Crippen LogP contribution is -2.39. The molecule has 1 saturated heterocycles. The summed E-state index contributed by atoms with van der Waals surface area (Å²) in [5, 5.41) is 9.07. The predicted octanol–water partition coefficient (Wildman–Crippen LogP) is 1.74. The van der Waals surface area contributed by atoms with Gasteiger partial charge in [-0.2, -0.15) is 0 Å². The molecule has 0 aromatic carbocycles. The van der Waals surface area contributed by atoms with Crippen LogP contribution in [-0.4, -0.2) is 36.2 Å². The molecule has 1 heterocycles. The fourth-order valence-electron chi connectivity index (χ4n) is 2.04. The first-order chi connectivity index (χ1) is 6.26. The Morgan fingerprint density at radius 3 is 2.92 bits per heavy atom. The molecule has 0 aliphatic carbocycles. The lowest BCUT2D eigenvalue weighted by Gasteiger charge is -2.33. The first kappa shape index (κ1) is 11.0. The molecule has 0 aromatic rings. The Labute approximate surface area is 81.9 Å². The molecule has 2 nitrogen and oxygen atoms in total. The van der Waals surface area contributed by atoms with Gasteiger partial charge in [0.2, 0.25) is 0 Å².